The minimum Gasteiger partial charge on any atom is -0.493 e. The van der Waals surface area contributed by atoms with Gasteiger partial charge in [0, 0.05) is 18.5 Å². The van der Waals surface area contributed by atoms with Crippen LogP contribution in [-0.4, -0.2) is 36.2 Å². The molecule has 0 aliphatic carbocycles. The summed E-state index contributed by atoms with van der Waals surface area (Å²) in [5, 5.41) is 2.97. The molecule has 1 heterocycles. The number of nitrogens with one attached hydrogen (secondary N) is 1. The van der Waals surface area contributed by atoms with Crippen LogP contribution in [0.4, 0.5) is 4.39 Å². The van der Waals surface area contributed by atoms with E-state index in [-0.39, 0.29) is 18.1 Å². The molecule has 0 bridgehead atoms. The predicted octanol–water partition coefficient (Wildman–Crippen LogP) is 4.53. The molecule has 0 saturated heterocycles. The van der Waals surface area contributed by atoms with Crippen molar-refractivity contribution in [3.05, 3.63) is 89.5 Å². The molecule has 0 saturated carbocycles. The summed E-state index contributed by atoms with van der Waals surface area (Å²) in [6.07, 6.45) is 1.64. The number of rotatable bonds is 10. The van der Waals surface area contributed by atoms with Crippen molar-refractivity contribution in [1.29, 1.82) is 0 Å². The van der Waals surface area contributed by atoms with Crippen LogP contribution < -0.4 is 14.8 Å². The third-order valence-electron chi connectivity index (χ3n) is 5.73. The van der Waals surface area contributed by atoms with E-state index in [0.717, 1.165) is 28.8 Å². The first-order valence-electron chi connectivity index (χ1n) is 11.2. The number of para-hydroxylation sites is 2. The van der Waals surface area contributed by atoms with Crippen molar-refractivity contribution in [1.82, 2.24) is 14.9 Å². The number of halogens is 1. The van der Waals surface area contributed by atoms with Crippen LogP contribution in [0, 0.1) is 5.82 Å². The van der Waals surface area contributed by atoms with E-state index < -0.39 is 0 Å². The lowest BCUT2D eigenvalue weighted by atomic mass is 10.1. The molecular weight excluding hydrogens is 433 g/mol. The van der Waals surface area contributed by atoms with Crippen LogP contribution in [0.1, 0.15) is 23.4 Å². The van der Waals surface area contributed by atoms with Gasteiger partial charge in [-0.25, -0.2) is 9.37 Å². The summed E-state index contributed by atoms with van der Waals surface area (Å²) in [5.74, 6) is 1.81. The average Bonchev–Trinajstić information content (AvgIpc) is 3.20. The normalized spacial score (nSPS) is 10.9. The molecule has 0 aliphatic heterocycles. The van der Waals surface area contributed by atoms with Crippen molar-refractivity contribution >= 4 is 16.9 Å². The molecule has 0 radical (unpaired) electrons. The van der Waals surface area contributed by atoms with Crippen LogP contribution in [-0.2, 0) is 24.2 Å². The highest BCUT2D eigenvalue weighted by molar-refractivity contribution is 5.79. The van der Waals surface area contributed by atoms with Gasteiger partial charge in [-0.3, -0.25) is 4.79 Å². The van der Waals surface area contributed by atoms with Gasteiger partial charge < -0.3 is 19.4 Å². The van der Waals surface area contributed by atoms with E-state index in [1.54, 1.807) is 32.4 Å². The summed E-state index contributed by atoms with van der Waals surface area (Å²) in [6, 6.07) is 20.1. The number of benzene rings is 3. The maximum absolute atomic E-state index is 14.3. The molecule has 0 atom stereocenters. The average molecular weight is 462 g/mol. The monoisotopic (exact) mass is 461 g/mol. The summed E-state index contributed by atoms with van der Waals surface area (Å²) in [6.45, 7) is 0.934. The lowest BCUT2D eigenvalue weighted by Gasteiger charge is -2.11. The Kier molecular flexibility index (Phi) is 7.42. The van der Waals surface area contributed by atoms with Gasteiger partial charge in [-0.2, -0.15) is 0 Å². The van der Waals surface area contributed by atoms with E-state index in [4.69, 9.17) is 14.5 Å². The Bertz CT molecular complexity index is 1290. The number of imidazole rings is 1. The van der Waals surface area contributed by atoms with Crippen molar-refractivity contribution in [3.63, 3.8) is 0 Å². The van der Waals surface area contributed by atoms with Gasteiger partial charge in [0.05, 0.1) is 38.2 Å². The summed E-state index contributed by atoms with van der Waals surface area (Å²) < 4.78 is 26.9. The Morgan fingerprint density at radius 1 is 1.00 bits per heavy atom. The van der Waals surface area contributed by atoms with Gasteiger partial charge in [0.2, 0.25) is 5.91 Å². The number of methoxy groups -OCH3 is 2. The van der Waals surface area contributed by atoms with Crippen LogP contribution in [0.3, 0.4) is 0 Å². The minimum absolute atomic E-state index is 0.0629. The van der Waals surface area contributed by atoms with E-state index >= 15 is 0 Å². The number of fused-ring (bicyclic) bond motifs is 1. The highest BCUT2D eigenvalue weighted by Gasteiger charge is 2.13. The lowest BCUT2D eigenvalue weighted by Crippen LogP contribution is -2.26. The molecule has 0 fully saturated rings. The molecule has 1 aromatic heterocycles. The quantitative estimate of drug-likeness (QED) is 0.353. The van der Waals surface area contributed by atoms with Gasteiger partial charge in [0.25, 0.3) is 0 Å². The third-order valence-corrected chi connectivity index (χ3v) is 5.73. The van der Waals surface area contributed by atoms with Crippen LogP contribution >= 0.6 is 0 Å². The Morgan fingerprint density at radius 2 is 1.76 bits per heavy atom. The molecule has 0 aliphatic rings. The Morgan fingerprint density at radius 3 is 2.56 bits per heavy atom. The first-order chi connectivity index (χ1) is 16.6. The fraction of sp³-hybridized carbons (Fsp3) is 0.259. The second kappa shape index (κ2) is 10.8. The van der Waals surface area contributed by atoms with Gasteiger partial charge >= 0.3 is 0 Å². The maximum atomic E-state index is 14.3. The highest BCUT2D eigenvalue weighted by Crippen LogP contribution is 2.27. The fourth-order valence-corrected chi connectivity index (χ4v) is 4.00. The number of aromatic nitrogens is 2. The molecular formula is C27H28FN3O3. The molecule has 6 nitrogen and oxygen atoms in total. The van der Waals surface area contributed by atoms with Gasteiger partial charge in [-0.1, -0.05) is 36.4 Å². The van der Waals surface area contributed by atoms with E-state index in [0.29, 0.717) is 36.6 Å². The number of hydrogen-bond donors (Lipinski definition) is 1. The van der Waals surface area contributed by atoms with E-state index in [1.165, 1.54) is 6.07 Å². The molecule has 1 N–H and O–H groups in total. The number of nitrogens with zero attached hydrogens (tertiary/aromatic N) is 2. The number of ether oxygens (including phenoxy) is 2. The molecule has 7 heteroatoms. The summed E-state index contributed by atoms with van der Waals surface area (Å²) in [4.78, 5) is 17.2. The maximum Gasteiger partial charge on any atom is 0.224 e. The third kappa shape index (κ3) is 5.36. The first kappa shape index (κ1) is 23.3. The fourth-order valence-electron chi connectivity index (χ4n) is 4.00. The van der Waals surface area contributed by atoms with Gasteiger partial charge in [0.1, 0.15) is 11.6 Å². The number of hydrogen-bond acceptors (Lipinski definition) is 4. The zero-order chi connectivity index (χ0) is 23.9. The molecule has 0 spiro atoms. The Hall–Kier alpha value is -3.87. The molecule has 176 valence electrons. The summed E-state index contributed by atoms with van der Waals surface area (Å²) >= 11 is 0. The zero-order valence-corrected chi connectivity index (χ0v) is 19.4. The molecule has 34 heavy (non-hydrogen) atoms. The van der Waals surface area contributed by atoms with Crippen molar-refractivity contribution in [2.24, 2.45) is 0 Å². The predicted molar refractivity (Wildman–Crippen MR) is 130 cm³/mol. The van der Waals surface area contributed by atoms with E-state index in [1.807, 2.05) is 42.5 Å². The van der Waals surface area contributed by atoms with Crippen molar-refractivity contribution in [2.75, 3.05) is 20.8 Å². The smallest absolute Gasteiger partial charge is 0.224 e. The van der Waals surface area contributed by atoms with Crippen molar-refractivity contribution in [2.45, 2.75) is 25.8 Å². The number of carbonyl (C=O) groups excluding carboxylic acids is 1. The van der Waals surface area contributed by atoms with Gasteiger partial charge in [0.15, 0.2) is 11.5 Å². The number of carbonyl (C=O) groups is 1. The van der Waals surface area contributed by atoms with Crippen LogP contribution in [0.15, 0.2) is 66.7 Å². The summed E-state index contributed by atoms with van der Waals surface area (Å²) in [5.41, 5.74) is 3.32. The topological polar surface area (TPSA) is 65.4 Å². The number of aryl methyl sites for hydroxylation is 1. The largest absolute Gasteiger partial charge is 0.493 e. The van der Waals surface area contributed by atoms with Crippen molar-refractivity contribution < 1.29 is 18.7 Å². The summed E-state index contributed by atoms with van der Waals surface area (Å²) in [7, 11) is 3.15. The van der Waals surface area contributed by atoms with Crippen molar-refractivity contribution in [3.8, 4) is 11.5 Å². The van der Waals surface area contributed by atoms with Crippen LogP contribution in [0.5, 0.6) is 11.5 Å². The Balaban J connectivity index is 1.37. The molecule has 3 aromatic carbocycles. The first-order valence-corrected chi connectivity index (χ1v) is 11.2. The second-order valence-corrected chi connectivity index (χ2v) is 8.01. The highest BCUT2D eigenvalue weighted by atomic mass is 19.1. The molecule has 1 amide bonds. The van der Waals surface area contributed by atoms with E-state index in [2.05, 4.69) is 9.88 Å². The van der Waals surface area contributed by atoms with E-state index in [9.17, 15) is 9.18 Å². The van der Waals surface area contributed by atoms with Crippen LogP contribution in [0.25, 0.3) is 11.0 Å². The second-order valence-electron chi connectivity index (χ2n) is 8.01. The molecule has 4 aromatic rings. The van der Waals surface area contributed by atoms with Gasteiger partial charge in [-0.15, -0.1) is 0 Å². The standard InChI is InChI=1S/C27H28FN3O3/c1-33-24-14-13-19(16-25(24)34-2)17-27(32)29-15-7-12-26-30-22-10-5-6-11-23(22)31(26)18-20-8-3-4-9-21(20)28/h3-6,8-11,13-14,16H,7,12,15,17-18H2,1-2H3,(H,29,32). The SMILES string of the molecule is COc1ccc(CC(=O)NCCCc2nc3ccccc3n2Cc2ccccc2F)cc1OC. The number of amides is 1. The molecule has 0 unspecified atom stereocenters. The van der Waals surface area contributed by atoms with Gasteiger partial charge in [-0.05, 0) is 42.3 Å². The van der Waals surface area contributed by atoms with Crippen LogP contribution in [0.2, 0.25) is 0 Å². The molecule has 4 rings (SSSR count). The minimum atomic E-state index is -0.228. The Labute approximate surface area is 198 Å². The lowest BCUT2D eigenvalue weighted by molar-refractivity contribution is -0.120. The zero-order valence-electron chi connectivity index (χ0n) is 19.4.